The Labute approximate surface area is 109 Å². The standard InChI is InChI=1S/C17H22O/c18-17(11-12-8-9-14(17)10-12)16-7-2-1-6-15(16)13-4-3-5-13/h1-2,6-7,12-14,18H,3-5,8-11H2. The zero-order chi connectivity index (χ0) is 12.2. The summed E-state index contributed by atoms with van der Waals surface area (Å²) in [6.07, 6.45) is 8.86. The van der Waals surface area contributed by atoms with Crippen LogP contribution in [0.15, 0.2) is 24.3 Å². The first kappa shape index (κ1) is 11.0. The Kier molecular flexibility index (Phi) is 2.35. The van der Waals surface area contributed by atoms with E-state index in [1.165, 1.54) is 49.7 Å². The molecule has 3 saturated carbocycles. The molecule has 4 rings (SSSR count). The molecule has 0 amide bonds. The van der Waals surface area contributed by atoms with Gasteiger partial charge in [0.1, 0.15) is 0 Å². The molecule has 2 bridgehead atoms. The third-order valence-electron chi connectivity index (χ3n) is 5.79. The Bertz CT molecular complexity index is 462. The van der Waals surface area contributed by atoms with E-state index < -0.39 is 5.60 Å². The van der Waals surface area contributed by atoms with Crippen molar-refractivity contribution in [1.82, 2.24) is 0 Å². The van der Waals surface area contributed by atoms with Crippen LogP contribution in [0.3, 0.4) is 0 Å². The fraction of sp³-hybridized carbons (Fsp3) is 0.647. The van der Waals surface area contributed by atoms with Gasteiger partial charge in [-0.05, 0) is 67.4 Å². The molecule has 3 unspecified atom stereocenters. The highest BCUT2D eigenvalue weighted by Gasteiger charge is 2.51. The second-order valence-electron chi connectivity index (χ2n) is 6.72. The highest BCUT2D eigenvalue weighted by Crippen LogP contribution is 2.57. The molecule has 18 heavy (non-hydrogen) atoms. The van der Waals surface area contributed by atoms with E-state index in [1.54, 1.807) is 0 Å². The summed E-state index contributed by atoms with van der Waals surface area (Å²) in [5.74, 6) is 2.04. The van der Waals surface area contributed by atoms with Gasteiger partial charge in [0, 0.05) is 0 Å². The first-order chi connectivity index (χ1) is 8.77. The monoisotopic (exact) mass is 242 g/mol. The number of rotatable bonds is 2. The van der Waals surface area contributed by atoms with E-state index in [0.29, 0.717) is 5.92 Å². The summed E-state index contributed by atoms with van der Waals surface area (Å²) < 4.78 is 0. The van der Waals surface area contributed by atoms with E-state index >= 15 is 0 Å². The van der Waals surface area contributed by atoms with Crippen molar-refractivity contribution in [1.29, 1.82) is 0 Å². The lowest BCUT2D eigenvalue weighted by Crippen LogP contribution is -2.34. The first-order valence-corrected chi connectivity index (χ1v) is 7.59. The Balaban J connectivity index is 1.75. The van der Waals surface area contributed by atoms with Gasteiger partial charge in [0.05, 0.1) is 5.60 Å². The predicted octanol–water partition coefficient (Wildman–Crippen LogP) is 3.96. The van der Waals surface area contributed by atoms with Crippen LogP contribution in [-0.2, 0) is 5.60 Å². The van der Waals surface area contributed by atoms with Gasteiger partial charge in [-0.15, -0.1) is 0 Å². The van der Waals surface area contributed by atoms with Crippen LogP contribution in [0.4, 0.5) is 0 Å². The Hall–Kier alpha value is -0.820. The zero-order valence-corrected chi connectivity index (χ0v) is 10.9. The fourth-order valence-electron chi connectivity index (χ4n) is 4.60. The summed E-state index contributed by atoms with van der Waals surface area (Å²) in [5, 5.41) is 11.2. The molecule has 0 radical (unpaired) electrons. The van der Waals surface area contributed by atoms with Crippen LogP contribution in [0, 0.1) is 11.8 Å². The van der Waals surface area contributed by atoms with E-state index in [-0.39, 0.29) is 0 Å². The summed E-state index contributed by atoms with van der Waals surface area (Å²) in [5.41, 5.74) is 2.25. The Morgan fingerprint density at radius 3 is 2.50 bits per heavy atom. The summed E-state index contributed by atoms with van der Waals surface area (Å²) in [6.45, 7) is 0. The van der Waals surface area contributed by atoms with Crippen LogP contribution < -0.4 is 0 Å². The van der Waals surface area contributed by atoms with E-state index in [0.717, 1.165) is 18.3 Å². The lowest BCUT2D eigenvalue weighted by Gasteiger charge is -2.38. The molecule has 1 heteroatoms. The van der Waals surface area contributed by atoms with Gasteiger partial charge in [-0.1, -0.05) is 30.7 Å². The number of benzene rings is 1. The molecule has 1 aromatic rings. The third-order valence-corrected chi connectivity index (χ3v) is 5.79. The molecule has 0 spiro atoms. The third kappa shape index (κ3) is 1.43. The molecule has 0 heterocycles. The van der Waals surface area contributed by atoms with Crippen molar-refractivity contribution in [3.8, 4) is 0 Å². The molecule has 3 aliphatic carbocycles. The van der Waals surface area contributed by atoms with Crippen LogP contribution in [0.5, 0.6) is 0 Å². The summed E-state index contributed by atoms with van der Waals surface area (Å²) in [4.78, 5) is 0. The smallest absolute Gasteiger partial charge is 0.0930 e. The number of aliphatic hydroxyl groups is 1. The molecule has 1 N–H and O–H groups in total. The van der Waals surface area contributed by atoms with Crippen molar-refractivity contribution in [2.45, 2.75) is 56.5 Å². The lowest BCUT2D eigenvalue weighted by molar-refractivity contribution is -0.0195. The first-order valence-electron chi connectivity index (χ1n) is 7.59. The fourth-order valence-corrected chi connectivity index (χ4v) is 4.60. The van der Waals surface area contributed by atoms with Crippen LogP contribution in [0.2, 0.25) is 0 Å². The molecule has 3 atom stereocenters. The average molecular weight is 242 g/mol. The lowest BCUT2D eigenvalue weighted by atomic mass is 9.71. The minimum atomic E-state index is -0.491. The molecule has 1 aromatic carbocycles. The normalized spacial score (nSPS) is 38.9. The van der Waals surface area contributed by atoms with Crippen molar-refractivity contribution in [3.63, 3.8) is 0 Å². The predicted molar refractivity (Wildman–Crippen MR) is 72.4 cm³/mol. The van der Waals surface area contributed by atoms with Crippen molar-refractivity contribution >= 4 is 0 Å². The van der Waals surface area contributed by atoms with E-state index in [2.05, 4.69) is 24.3 Å². The van der Waals surface area contributed by atoms with Gasteiger partial charge in [-0.3, -0.25) is 0 Å². The molecule has 1 nitrogen and oxygen atoms in total. The van der Waals surface area contributed by atoms with Gasteiger partial charge in [0.25, 0.3) is 0 Å². The largest absolute Gasteiger partial charge is 0.385 e. The summed E-state index contributed by atoms with van der Waals surface area (Å²) in [6, 6.07) is 8.73. The molecule has 0 aromatic heterocycles. The summed E-state index contributed by atoms with van der Waals surface area (Å²) >= 11 is 0. The van der Waals surface area contributed by atoms with Crippen LogP contribution in [0.1, 0.15) is 62.0 Å². The number of hydrogen-bond acceptors (Lipinski definition) is 1. The summed E-state index contributed by atoms with van der Waals surface area (Å²) in [7, 11) is 0. The van der Waals surface area contributed by atoms with Crippen molar-refractivity contribution in [3.05, 3.63) is 35.4 Å². The SMILES string of the molecule is OC1(c2ccccc2C2CCC2)CC2CCC1C2. The minimum absolute atomic E-state index is 0.491. The van der Waals surface area contributed by atoms with Crippen LogP contribution in [-0.4, -0.2) is 5.11 Å². The van der Waals surface area contributed by atoms with Crippen LogP contribution >= 0.6 is 0 Å². The highest BCUT2D eigenvalue weighted by atomic mass is 16.3. The van der Waals surface area contributed by atoms with Gasteiger partial charge >= 0.3 is 0 Å². The molecular formula is C17H22O. The highest BCUT2D eigenvalue weighted by molar-refractivity contribution is 5.38. The molecule has 3 fully saturated rings. The van der Waals surface area contributed by atoms with Crippen molar-refractivity contribution < 1.29 is 5.11 Å². The molecule has 0 saturated heterocycles. The molecule has 3 aliphatic rings. The van der Waals surface area contributed by atoms with Gasteiger partial charge in [-0.25, -0.2) is 0 Å². The van der Waals surface area contributed by atoms with Gasteiger partial charge < -0.3 is 5.11 Å². The molecule has 0 aliphatic heterocycles. The van der Waals surface area contributed by atoms with E-state index in [4.69, 9.17) is 0 Å². The topological polar surface area (TPSA) is 20.2 Å². The maximum absolute atomic E-state index is 11.2. The minimum Gasteiger partial charge on any atom is -0.385 e. The Morgan fingerprint density at radius 1 is 1.06 bits per heavy atom. The zero-order valence-electron chi connectivity index (χ0n) is 10.9. The second-order valence-corrected chi connectivity index (χ2v) is 6.72. The van der Waals surface area contributed by atoms with E-state index in [9.17, 15) is 5.11 Å². The number of fused-ring (bicyclic) bond motifs is 2. The van der Waals surface area contributed by atoms with Crippen molar-refractivity contribution in [2.24, 2.45) is 11.8 Å². The average Bonchev–Trinajstić information content (AvgIpc) is 2.87. The number of hydrogen-bond donors (Lipinski definition) is 1. The maximum Gasteiger partial charge on any atom is 0.0930 e. The van der Waals surface area contributed by atoms with Gasteiger partial charge in [-0.2, -0.15) is 0 Å². The second kappa shape index (κ2) is 3.84. The van der Waals surface area contributed by atoms with E-state index in [1.807, 2.05) is 0 Å². The maximum atomic E-state index is 11.2. The van der Waals surface area contributed by atoms with Gasteiger partial charge in [0.2, 0.25) is 0 Å². The van der Waals surface area contributed by atoms with Gasteiger partial charge in [0.15, 0.2) is 0 Å². The molecular weight excluding hydrogens is 220 g/mol. The molecule has 96 valence electrons. The quantitative estimate of drug-likeness (QED) is 0.832. The van der Waals surface area contributed by atoms with Crippen LogP contribution in [0.25, 0.3) is 0 Å². The van der Waals surface area contributed by atoms with Crippen molar-refractivity contribution in [2.75, 3.05) is 0 Å². The Morgan fingerprint density at radius 2 is 1.89 bits per heavy atom.